The quantitative estimate of drug-likeness (QED) is 0.521. The van der Waals surface area contributed by atoms with E-state index in [0.29, 0.717) is 30.9 Å². The molecule has 0 unspecified atom stereocenters. The van der Waals surface area contributed by atoms with E-state index >= 15 is 0 Å². The highest BCUT2D eigenvalue weighted by Gasteiger charge is 2.26. The van der Waals surface area contributed by atoms with Crippen LogP contribution in [0.3, 0.4) is 0 Å². The molecule has 0 aliphatic heterocycles. The van der Waals surface area contributed by atoms with Crippen molar-refractivity contribution in [3.8, 4) is 0 Å². The minimum atomic E-state index is -3.26. The Morgan fingerprint density at radius 2 is 1.79 bits per heavy atom. The van der Waals surface area contributed by atoms with E-state index in [-0.39, 0.29) is 5.92 Å². The van der Waals surface area contributed by atoms with Gasteiger partial charge in [-0.3, -0.25) is 9.66 Å². The highest BCUT2D eigenvalue weighted by Crippen LogP contribution is 2.46. The average molecular weight is 403 g/mol. The molecule has 0 spiro atoms. The van der Waals surface area contributed by atoms with Crippen LogP contribution in [0.1, 0.15) is 45.0 Å². The number of aromatic amines is 1. The fourth-order valence-electron chi connectivity index (χ4n) is 2.75. The summed E-state index contributed by atoms with van der Waals surface area (Å²) in [5.74, 6) is 1.69. The normalized spacial score (nSPS) is 12.0. The second kappa shape index (κ2) is 8.82. The molecule has 0 radical (unpaired) electrons. The number of rotatable bonds is 9. The number of nitrogens with one attached hydrogen (secondary N) is 2. The average Bonchev–Trinajstić information content (AvgIpc) is 3.15. The van der Waals surface area contributed by atoms with E-state index in [1.54, 1.807) is 32.2 Å². The number of fused-ring (bicyclic) bond motifs is 1. The van der Waals surface area contributed by atoms with Crippen LogP contribution in [-0.4, -0.2) is 33.4 Å². The lowest BCUT2D eigenvalue weighted by atomic mass is 10.2. The molecule has 2 N–H and O–H groups in total. The van der Waals surface area contributed by atoms with Gasteiger partial charge >= 0.3 is 7.60 Å². The van der Waals surface area contributed by atoms with E-state index < -0.39 is 7.60 Å². The Hall–Kier alpha value is -2.28. The summed E-state index contributed by atoms with van der Waals surface area (Å²) in [4.78, 5) is 9.14. The van der Waals surface area contributed by atoms with E-state index in [1.165, 1.54) is 0 Å². The first kappa shape index (κ1) is 20.5. The van der Waals surface area contributed by atoms with Crippen LogP contribution in [0.2, 0.25) is 0 Å². The maximum absolute atomic E-state index is 12.8. The molecule has 8 nitrogen and oxygen atoms in total. The van der Waals surface area contributed by atoms with E-state index in [9.17, 15) is 4.57 Å². The molecule has 0 saturated carbocycles. The van der Waals surface area contributed by atoms with Crippen LogP contribution in [0.5, 0.6) is 0 Å². The number of hydrogen-bond acceptors (Lipinski definition) is 7. The monoisotopic (exact) mass is 403 g/mol. The lowest BCUT2D eigenvalue weighted by Gasteiger charge is -2.17. The third-order valence-corrected chi connectivity index (χ3v) is 6.27. The van der Waals surface area contributed by atoms with Gasteiger partial charge in [0, 0.05) is 12.5 Å². The standard InChI is InChI=1S/C19H26N5O3P/c1-5-26-28(25,27-6-2)15-9-7-14(8-10-15)11-20-19-17-16(12-21-24-17)22-18(23-19)13(3)4/h7-10,12-13H,5-6,11H2,1-4H3,(H,21,24)(H,20,22,23). The summed E-state index contributed by atoms with van der Waals surface area (Å²) in [6.07, 6.45) is 1.70. The smallest absolute Gasteiger partial charge is 0.361 e. The van der Waals surface area contributed by atoms with Gasteiger partial charge in [-0.2, -0.15) is 5.10 Å². The fourth-order valence-corrected chi connectivity index (χ4v) is 4.32. The Kier molecular flexibility index (Phi) is 6.44. The molecule has 1 aromatic carbocycles. The summed E-state index contributed by atoms with van der Waals surface area (Å²) in [5, 5.41) is 10.9. The number of H-pyrrole nitrogens is 1. The van der Waals surface area contributed by atoms with Gasteiger partial charge in [-0.25, -0.2) is 9.97 Å². The van der Waals surface area contributed by atoms with Gasteiger partial charge in [0.2, 0.25) is 0 Å². The second-order valence-electron chi connectivity index (χ2n) is 6.57. The molecule has 3 aromatic rings. The largest absolute Gasteiger partial charge is 0.364 e. The van der Waals surface area contributed by atoms with Gasteiger partial charge in [-0.05, 0) is 31.5 Å². The summed E-state index contributed by atoms with van der Waals surface area (Å²) in [5.41, 5.74) is 2.57. The molecular formula is C19H26N5O3P. The van der Waals surface area contributed by atoms with Crippen LogP contribution in [-0.2, 0) is 20.2 Å². The molecular weight excluding hydrogens is 377 g/mol. The summed E-state index contributed by atoms with van der Waals surface area (Å²) in [6.45, 7) is 8.91. The second-order valence-corrected chi connectivity index (χ2v) is 8.60. The predicted molar refractivity (Wildman–Crippen MR) is 110 cm³/mol. The van der Waals surface area contributed by atoms with Crippen LogP contribution in [0.25, 0.3) is 11.0 Å². The van der Waals surface area contributed by atoms with Gasteiger partial charge in [-0.1, -0.05) is 26.0 Å². The molecule has 9 heteroatoms. The summed E-state index contributed by atoms with van der Waals surface area (Å²) >= 11 is 0. The summed E-state index contributed by atoms with van der Waals surface area (Å²) < 4.78 is 23.6. The lowest BCUT2D eigenvalue weighted by molar-refractivity contribution is 0.230. The SMILES string of the molecule is CCOP(=O)(OCC)c1ccc(CNc2nc(C(C)C)nc3cn[nH]c23)cc1. The van der Waals surface area contributed by atoms with Crippen molar-refractivity contribution >= 4 is 29.8 Å². The van der Waals surface area contributed by atoms with E-state index in [1.807, 2.05) is 12.1 Å². The number of anilines is 1. The zero-order valence-corrected chi connectivity index (χ0v) is 17.5. The van der Waals surface area contributed by atoms with Crippen molar-refractivity contribution in [2.45, 2.75) is 40.2 Å². The zero-order valence-electron chi connectivity index (χ0n) is 16.6. The third kappa shape index (κ3) is 4.41. The molecule has 28 heavy (non-hydrogen) atoms. The molecule has 0 aliphatic carbocycles. The van der Waals surface area contributed by atoms with Crippen molar-refractivity contribution < 1.29 is 13.6 Å². The molecule has 2 heterocycles. The predicted octanol–water partition coefficient (Wildman–Crippen LogP) is 3.98. The third-order valence-electron chi connectivity index (χ3n) is 4.14. The van der Waals surface area contributed by atoms with Gasteiger partial charge in [0.1, 0.15) is 16.9 Å². The van der Waals surface area contributed by atoms with E-state index in [4.69, 9.17) is 9.05 Å². The Morgan fingerprint density at radius 3 is 2.39 bits per heavy atom. The van der Waals surface area contributed by atoms with Crippen molar-refractivity contribution in [1.29, 1.82) is 0 Å². The molecule has 150 valence electrons. The van der Waals surface area contributed by atoms with Crippen LogP contribution >= 0.6 is 7.60 Å². The first-order valence-corrected chi connectivity index (χ1v) is 10.9. The Balaban J connectivity index is 1.78. The zero-order chi connectivity index (χ0) is 20.1. The Bertz CT molecular complexity index is 961. The first-order valence-electron chi connectivity index (χ1n) is 9.40. The van der Waals surface area contributed by atoms with Crippen molar-refractivity contribution in [2.75, 3.05) is 18.5 Å². The highest BCUT2D eigenvalue weighted by atomic mass is 31.2. The molecule has 0 amide bonds. The van der Waals surface area contributed by atoms with Crippen molar-refractivity contribution in [1.82, 2.24) is 20.2 Å². The number of benzene rings is 1. The molecule has 2 aromatic heterocycles. The van der Waals surface area contributed by atoms with Gasteiger partial charge in [0.25, 0.3) is 0 Å². The topological polar surface area (TPSA) is 102 Å². The molecule has 0 saturated heterocycles. The summed E-state index contributed by atoms with van der Waals surface area (Å²) in [6, 6.07) is 7.38. The van der Waals surface area contributed by atoms with E-state index in [2.05, 4.69) is 39.3 Å². The maximum atomic E-state index is 12.8. The van der Waals surface area contributed by atoms with Gasteiger partial charge in [0.05, 0.1) is 24.7 Å². The van der Waals surface area contributed by atoms with Gasteiger partial charge < -0.3 is 14.4 Å². The Morgan fingerprint density at radius 1 is 1.11 bits per heavy atom. The van der Waals surface area contributed by atoms with Crippen LogP contribution in [0.15, 0.2) is 30.5 Å². The minimum Gasteiger partial charge on any atom is -0.364 e. The number of hydrogen-bond donors (Lipinski definition) is 2. The molecule has 0 atom stereocenters. The van der Waals surface area contributed by atoms with Crippen LogP contribution in [0.4, 0.5) is 5.82 Å². The number of aromatic nitrogens is 4. The van der Waals surface area contributed by atoms with Crippen molar-refractivity contribution in [3.05, 3.63) is 41.9 Å². The van der Waals surface area contributed by atoms with Crippen LogP contribution in [0, 0.1) is 0 Å². The number of nitrogens with zero attached hydrogens (tertiary/aromatic N) is 3. The highest BCUT2D eigenvalue weighted by molar-refractivity contribution is 7.62. The molecule has 0 bridgehead atoms. The minimum absolute atomic E-state index is 0.213. The van der Waals surface area contributed by atoms with Crippen molar-refractivity contribution in [2.24, 2.45) is 0 Å². The van der Waals surface area contributed by atoms with Crippen LogP contribution < -0.4 is 10.6 Å². The van der Waals surface area contributed by atoms with Gasteiger partial charge in [-0.15, -0.1) is 0 Å². The lowest BCUT2D eigenvalue weighted by Crippen LogP contribution is -2.11. The first-order chi connectivity index (χ1) is 13.5. The van der Waals surface area contributed by atoms with Crippen molar-refractivity contribution in [3.63, 3.8) is 0 Å². The molecule has 0 fully saturated rings. The van der Waals surface area contributed by atoms with E-state index in [0.717, 1.165) is 22.4 Å². The summed E-state index contributed by atoms with van der Waals surface area (Å²) in [7, 11) is -3.26. The molecule has 0 aliphatic rings. The Labute approximate surface area is 164 Å². The van der Waals surface area contributed by atoms with Gasteiger partial charge in [0.15, 0.2) is 5.82 Å². The molecule has 3 rings (SSSR count). The maximum Gasteiger partial charge on any atom is 0.361 e. The fraction of sp³-hybridized carbons (Fsp3) is 0.421.